The van der Waals surface area contributed by atoms with Crippen LogP contribution in [0.1, 0.15) is 25.8 Å². The molecule has 0 aromatic heterocycles. The van der Waals surface area contributed by atoms with Crippen LogP contribution in [-0.2, 0) is 6.54 Å². The van der Waals surface area contributed by atoms with E-state index in [1.807, 2.05) is 6.07 Å². The Morgan fingerprint density at radius 2 is 2.18 bits per heavy atom. The van der Waals surface area contributed by atoms with E-state index in [0.717, 1.165) is 25.1 Å². The Hall–Kier alpha value is -0.640. The lowest BCUT2D eigenvalue weighted by molar-refractivity contribution is 0.500. The third-order valence-electron chi connectivity index (χ3n) is 2.52. The molecule has 0 aliphatic rings. The van der Waals surface area contributed by atoms with Crippen LogP contribution in [0.25, 0.3) is 0 Å². The van der Waals surface area contributed by atoms with Gasteiger partial charge in [-0.2, -0.15) is 0 Å². The molecular formula is C13H20ClFN2. The first-order valence-corrected chi connectivity index (χ1v) is 6.39. The van der Waals surface area contributed by atoms with Crippen molar-refractivity contribution in [2.45, 2.75) is 32.9 Å². The minimum absolute atomic E-state index is 0.173. The SMILES string of the molecule is CCCNCC(C)NCc1ccc(Cl)c(F)c1. The average Bonchev–Trinajstić information content (AvgIpc) is 2.31. The summed E-state index contributed by atoms with van der Waals surface area (Å²) in [6.45, 7) is 6.85. The van der Waals surface area contributed by atoms with Crippen LogP contribution < -0.4 is 10.6 Å². The Kier molecular flexibility index (Phi) is 6.48. The van der Waals surface area contributed by atoms with Crippen LogP contribution >= 0.6 is 11.6 Å². The van der Waals surface area contributed by atoms with E-state index in [1.165, 1.54) is 6.07 Å². The summed E-state index contributed by atoms with van der Waals surface area (Å²) in [7, 11) is 0. The van der Waals surface area contributed by atoms with Crippen molar-refractivity contribution in [1.82, 2.24) is 10.6 Å². The van der Waals surface area contributed by atoms with Gasteiger partial charge >= 0.3 is 0 Å². The highest BCUT2D eigenvalue weighted by Crippen LogP contribution is 2.15. The molecule has 1 unspecified atom stereocenters. The van der Waals surface area contributed by atoms with Crippen LogP contribution in [-0.4, -0.2) is 19.1 Å². The molecule has 1 aromatic carbocycles. The third-order valence-corrected chi connectivity index (χ3v) is 2.82. The molecule has 96 valence electrons. The lowest BCUT2D eigenvalue weighted by Gasteiger charge is -2.14. The molecule has 2 N–H and O–H groups in total. The maximum atomic E-state index is 13.2. The first kappa shape index (κ1) is 14.4. The van der Waals surface area contributed by atoms with E-state index >= 15 is 0 Å². The normalized spacial score (nSPS) is 12.7. The molecule has 1 rings (SSSR count). The second-order valence-corrected chi connectivity index (χ2v) is 4.64. The Morgan fingerprint density at radius 1 is 1.41 bits per heavy atom. The predicted molar refractivity (Wildman–Crippen MR) is 70.9 cm³/mol. The van der Waals surface area contributed by atoms with E-state index in [2.05, 4.69) is 24.5 Å². The topological polar surface area (TPSA) is 24.1 Å². The average molecular weight is 259 g/mol. The van der Waals surface area contributed by atoms with Gasteiger partial charge in [-0.3, -0.25) is 0 Å². The third kappa shape index (κ3) is 5.48. The van der Waals surface area contributed by atoms with Crippen molar-refractivity contribution in [2.75, 3.05) is 13.1 Å². The second kappa shape index (κ2) is 7.64. The van der Waals surface area contributed by atoms with Gasteiger partial charge in [-0.1, -0.05) is 24.6 Å². The van der Waals surface area contributed by atoms with Crippen molar-refractivity contribution < 1.29 is 4.39 Å². The summed E-state index contributed by atoms with van der Waals surface area (Å²) in [6, 6.07) is 5.26. The molecule has 17 heavy (non-hydrogen) atoms. The Morgan fingerprint density at radius 3 is 2.82 bits per heavy atom. The van der Waals surface area contributed by atoms with Crippen LogP contribution in [0.4, 0.5) is 4.39 Å². The molecule has 0 bridgehead atoms. The summed E-state index contributed by atoms with van der Waals surface area (Å²) < 4.78 is 13.2. The molecule has 0 radical (unpaired) electrons. The number of rotatable bonds is 7. The molecule has 0 heterocycles. The fraction of sp³-hybridized carbons (Fsp3) is 0.538. The first-order chi connectivity index (χ1) is 8.13. The summed E-state index contributed by atoms with van der Waals surface area (Å²) in [5.41, 5.74) is 0.911. The molecule has 1 atom stereocenters. The summed E-state index contributed by atoms with van der Waals surface area (Å²) >= 11 is 5.62. The zero-order valence-electron chi connectivity index (χ0n) is 10.4. The number of halogens is 2. The molecular weight excluding hydrogens is 239 g/mol. The largest absolute Gasteiger partial charge is 0.315 e. The van der Waals surface area contributed by atoms with Crippen LogP contribution in [0, 0.1) is 5.82 Å². The van der Waals surface area contributed by atoms with Gasteiger partial charge in [0.1, 0.15) is 5.82 Å². The van der Waals surface area contributed by atoms with Gasteiger partial charge in [-0.05, 0) is 37.6 Å². The Labute approximate surface area is 108 Å². The number of benzene rings is 1. The maximum absolute atomic E-state index is 13.2. The number of nitrogens with one attached hydrogen (secondary N) is 2. The highest BCUT2D eigenvalue weighted by Gasteiger charge is 2.03. The smallest absolute Gasteiger partial charge is 0.142 e. The van der Waals surface area contributed by atoms with Gasteiger partial charge in [0.05, 0.1) is 5.02 Å². The van der Waals surface area contributed by atoms with E-state index in [-0.39, 0.29) is 10.8 Å². The molecule has 0 spiro atoms. The molecule has 4 heteroatoms. The molecule has 0 saturated carbocycles. The van der Waals surface area contributed by atoms with Crippen molar-refractivity contribution in [3.63, 3.8) is 0 Å². The summed E-state index contributed by atoms with van der Waals surface area (Å²) in [5.74, 6) is -0.359. The van der Waals surface area contributed by atoms with Crippen molar-refractivity contribution in [3.8, 4) is 0 Å². The summed E-state index contributed by atoms with van der Waals surface area (Å²) in [6.07, 6.45) is 1.13. The van der Waals surface area contributed by atoms with E-state index < -0.39 is 0 Å². The van der Waals surface area contributed by atoms with Crippen LogP contribution in [0.15, 0.2) is 18.2 Å². The molecule has 1 aromatic rings. The molecule has 0 aliphatic carbocycles. The molecule has 0 saturated heterocycles. The van der Waals surface area contributed by atoms with Crippen molar-refractivity contribution in [2.24, 2.45) is 0 Å². The molecule has 2 nitrogen and oxygen atoms in total. The molecule has 0 aliphatic heterocycles. The number of hydrogen-bond donors (Lipinski definition) is 2. The van der Waals surface area contributed by atoms with Gasteiger partial charge in [0.25, 0.3) is 0 Å². The van der Waals surface area contributed by atoms with Gasteiger partial charge in [0.15, 0.2) is 0 Å². The minimum atomic E-state index is -0.359. The zero-order valence-corrected chi connectivity index (χ0v) is 11.1. The molecule has 0 amide bonds. The maximum Gasteiger partial charge on any atom is 0.142 e. The minimum Gasteiger partial charge on any atom is -0.315 e. The van der Waals surface area contributed by atoms with E-state index in [1.54, 1.807) is 6.07 Å². The lowest BCUT2D eigenvalue weighted by atomic mass is 10.2. The number of hydrogen-bond acceptors (Lipinski definition) is 2. The van der Waals surface area contributed by atoms with Gasteiger partial charge in [-0.25, -0.2) is 4.39 Å². The standard InChI is InChI=1S/C13H20ClFN2/c1-3-6-16-8-10(2)17-9-11-4-5-12(14)13(15)7-11/h4-5,7,10,16-17H,3,6,8-9H2,1-2H3. The van der Waals surface area contributed by atoms with Gasteiger partial charge in [-0.15, -0.1) is 0 Å². The second-order valence-electron chi connectivity index (χ2n) is 4.23. The fourth-order valence-corrected chi connectivity index (χ4v) is 1.63. The van der Waals surface area contributed by atoms with Crippen molar-refractivity contribution >= 4 is 11.6 Å². The Bertz CT molecular complexity index is 344. The van der Waals surface area contributed by atoms with Gasteiger partial charge < -0.3 is 10.6 Å². The summed E-state index contributed by atoms with van der Waals surface area (Å²) in [5, 5.41) is 6.84. The van der Waals surface area contributed by atoms with Crippen LogP contribution in [0.5, 0.6) is 0 Å². The monoisotopic (exact) mass is 258 g/mol. The van der Waals surface area contributed by atoms with E-state index in [9.17, 15) is 4.39 Å². The van der Waals surface area contributed by atoms with Gasteiger partial charge in [0, 0.05) is 19.1 Å². The Balaban J connectivity index is 2.31. The van der Waals surface area contributed by atoms with Crippen molar-refractivity contribution in [1.29, 1.82) is 0 Å². The van der Waals surface area contributed by atoms with Crippen LogP contribution in [0.3, 0.4) is 0 Å². The first-order valence-electron chi connectivity index (χ1n) is 6.01. The fourth-order valence-electron chi connectivity index (χ4n) is 1.51. The summed E-state index contributed by atoms with van der Waals surface area (Å²) in [4.78, 5) is 0. The van der Waals surface area contributed by atoms with Gasteiger partial charge in [0.2, 0.25) is 0 Å². The lowest BCUT2D eigenvalue weighted by Crippen LogP contribution is -2.36. The molecule has 0 fully saturated rings. The highest BCUT2D eigenvalue weighted by atomic mass is 35.5. The zero-order chi connectivity index (χ0) is 12.7. The van der Waals surface area contributed by atoms with E-state index in [0.29, 0.717) is 12.6 Å². The van der Waals surface area contributed by atoms with Crippen molar-refractivity contribution in [3.05, 3.63) is 34.6 Å². The predicted octanol–water partition coefficient (Wildman–Crippen LogP) is 2.96. The van der Waals surface area contributed by atoms with Crippen LogP contribution in [0.2, 0.25) is 5.02 Å². The highest BCUT2D eigenvalue weighted by molar-refractivity contribution is 6.30. The van der Waals surface area contributed by atoms with E-state index in [4.69, 9.17) is 11.6 Å². The quantitative estimate of drug-likeness (QED) is 0.735.